The fraction of sp³-hybridized carbons (Fsp3) is 0.222. The lowest BCUT2D eigenvalue weighted by atomic mass is 10.2. The number of aromatic nitrogens is 1. The first-order valence-electron chi connectivity index (χ1n) is 7.69. The maximum Gasteiger partial charge on any atom is 0.240 e. The summed E-state index contributed by atoms with van der Waals surface area (Å²) in [4.78, 5) is 0.278. The molecule has 0 amide bonds. The Hall–Kier alpha value is -2.31. The molecule has 0 saturated carbocycles. The van der Waals surface area contributed by atoms with Crippen LogP contribution in [0.2, 0.25) is 0 Å². The van der Waals surface area contributed by atoms with Crippen molar-refractivity contribution in [3.63, 3.8) is 0 Å². The molecule has 0 aliphatic rings. The van der Waals surface area contributed by atoms with Gasteiger partial charge < -0.3 is 9.30 Å². The first kappa shape index (κ1) is 16.5. The molecule has 24 heavy (non-hydrogen) atoms. The van der Waals surface area contributed by atoms with E-state index in [0.29, 0.717) is 24.4 Å². The van der Waals surface area contributed by atoms with Gasteiger partial charge in [-0.3, -0.25) is 0 Å². The first-order chi connectivity index (χ1) is 11.5. The highest BCUT2D eigenvalue weighted by molar-refractivity contribution is 7.89. The van der Waals surface area contributed by atoms with Crippen LogP contribution in [0.1, 0.15) is 5.56 Å². The van der Waals surface area contributed by atoms with Crippen LogP contribution in [-0.4, -0.2) is 26.6 Å². The Morgan fingerprint density at radius 3 is 2.67 bits per heavy atom. The van der Waals surface area contributed by atoms with E-state index < -0.39 is 10.0 Å². The summed E-state index contributed by atoms with van der Waals surface area (Å²) in [6.07, 6.45) is 1.97. The second kappa shape index (κ2) is 6.67. The number of aryl methyl sites for hydroxylation is 1. The van der Waals surface area contributed by atoms with Gasteiger partial charge in [-0.25, -0.2) is 13.1 Å². The van der Waals surface area contributed by atoms with E-state index >= 15 is 0 Å². The number of fused-ring (bicyclic) bond motifs is 1. The SMILES string of the molecule is COc1ccc(S(=O)(=O)NCCn2ccc3ccccc32)c(C)c1. The number of nitrogens with one attached hydrogen (secondary N) is 1. The summed E-state index contributed by atoms with van der Waals surface area (Å²) in [6, 6.07) is 15.0. The van der Waals surface area contributed by atoms with E-state index in [1.54, 1.807) is 32.2 Å². The Kier molecular flexibility index (Phi) is 4.59. The first-order valence-corrected chi connectivity index (χ1v) is 9.18. The molecular formula is C18H20N2O3S. The Labute approximate surface area is 141 Å². The van der Waals surface area contributed by atoms with Crippen LogP contribution < -0.4 is 9.46 Å². The highest BCUT2D eigenvalue weighted by atomic mass is 32.2. The van der Waals surface area contributed by atoms with Crippen LogP contribution in [-0.2, 0) is 16.6 Å². The smallest absolute Gasteiger partial charge is 0.240 e. The van der Waals surface area contributed by atoms with Crippen molar-refractivity contribution >= 4 is 20.9 Å². The van der Waals surface area contributed by atoms with Crippen molar-refractivity contribution in [3.05, 3.63) is 60.3 Å². The Morgan fingerprint density at radius 2 is 1.92 bits per heavy atom. The topological polar surface area (TPSA) is 60.3 Å². The summed E-state index contributed by atoms with van der Waals surface area (Å²) in [6.45, 7) is 2.66. The zero-order chi connectivity index (χ0) is 17.2. The number of benzene rings is 2. The van der Waals surface area contributed by atoms with Gasteiger partial charge in [-0.2, -0.15) is 0 Å². The van der Waals surface area contributed by atoms with E-state index in [1.165, 1.54) is 0 Å². The van der Waals surface area contributed by atoms with E-state index in [1.807, 2.05) is 41.1 Å². The molecule has 3 aromatic rings. The van der Waals surface area contributed by atoms with Crippen LogP contribution in [0.5, 0.6) is 5.75 Å². The largest absolute Gasteiger partial charge is 0.497 e. The highest BCUT2D eigenvalue weighted by Gasteiger charge is 2.16. The highest BCUT2D eigenvalue weighted by Crippen LogP contribution is 2.21. The van der Waals surface area contributed by atoms with Gasteiger partial charge in [-0.05, 0) is 48.2 Å². The molecule has 1 N–H and O–H groups in total. The van der Waals surface area contributed by atoms with Gasteiger partial charge in [0.25, 0.3) is 0 Å². The molecule has 1 heterocycles. The third-order valence-electron chi connectivity index (χ3n) is 4.00. The van der Waals surface area contributed by atoms with E-state index in [4.69, 9.17) is 4.74 Å². The number of nitrogens with zero attached hydrogens (tertiary/aromatic N) is 1. The lowest BCUT2D eigenvalue weighted by molar-refractivity contribution is 0.414. The average molecular weight is 344 g/mol. The molecular weight excluding hydrogens is 324 g/mol. The zero-order valence-corrected chi connectivity index (χ0v) is 14.5. The quantitative estimate of drug-likeness (QED) is 0.748. The molecule has 1 aromatic heterocycles. The Morgan fingerprint density at radius 1 is 1.12 bits per heavy atom. The molecule has 5 nitrogen and oxygen atoms in total. The summed E-state index contributed by atoms with van der Waals surface area (Å²) in [5.74, 6) is 0.644. The summed E-state index contributed by atoms with van der Waals surface area (Å²) in [5, 5.41) is 1.14. The molecule has 0 aliphatic carbocycles. The fourth-order valence-electron chi connectivity index (χ4n) is 2.76. The average Bonchev–Trinajstić information content (AvgIpc) is 2.97. The molecule has 0 unspecified atom stereocenters. The van der Waals surface area contributed by atoms with Crippen molar-refractivity contribution < 1.29 is 13.2 Å². The van der Waals surface area contributed by atoms with E-state index in [-0.39, 0.29) is 4.90 Å². The molecule has 0 saturated heterocycles. The standard InChI is InChI=1S/C18H20N2O3S/c1-14-13-16(23-2)7-8-18(14)24(21,22)19-10-12-20-11-9-15-5-3-4-6-17(15)20/h3-9,11,13,19H,10,12H2,1-2H3. The maximum absolute atomic E-state index is 12.5. The minimum Gasteiger partial charge on any atom is -0.497 e. The molecule has 3 rings (SSSR count). The van der Waals surface area contributed by atoms with Gasteiger partial charge in [0.05, 0.1) is 12.0 Å². The van der Waals surface area contributed by atoms with Crippen molar-refractivity contribution in [1.82, 2.24) is 9.29 Å². The molecule has 2 aromatic carbocycles. The fourth-order valence-corrected chi connectivity index (χ4v) is 4.01. The van der Waals surface area contributed by atoms with Gasteiger partial charge in [0, 0.05) is 24.8 Å². The second-order valence-corrected chi connectivity index (χ2v) is 7.33. The number of hydrogen-bond acceptors (Lipinski definition) is 3. The molecule has 0 fully saturated rings. The van der Waals surface area contributed by atoms with Crippen LogP contribution in [0.4, 0.5) is 0 Å². The summed E-state index contributed by atoms with van der Waals surface area (Å²) in [5.41, 5.74) is 1.76. The summed E-state index contributed by atoms with van der Waals surface area (Å²) >= 11 is 0. The third-order valence-corrected chi connectivity index (χ3v) is 5.62. The lowest BCUT2D eigenvalue weighted by Gasteiger charge is -2.11. The van der Waals surface area contributed by atoms with Crippen molar-refractivity contribution in [3.8, 4) is 5.75 Å². The van der Waals surface area contributed by atoms with Gasteiger partial charge in [0.2, 0.25) is 10.0 Å². The number of sulfonamides is 1. The minimum absolute atomic E-state index is 0.278. The van der Waals surface area contributed by atoms with Crippen molar-refractivity contribution in [1.29, 1.82) is 0 Å². The predicted octanol–water partition coefficient (Wildman–Crippen LogP) is 2.94. The third kappa shape index (κ3) is 3.29. The summed E-state index contributed by atoms with van der Waals surface area (Å²) in [7, 11) is -1.98. The Balaban J connectivity index is 1.71. The molecule has 0 radical (unpaired) electrons. The molecule has 0 spiro atoms. The molecule has 0 bridgehead atoms. The molecule has 0 atom stereocenters. The van der Waals surface area contributed by atoms with Gasteiger partial charge in [-0.1, -0.05) is 18.2 Å². The van der Waals surface area contributed by atoms with Crippen LogP contribution in [0, 0.1) is 6.92 Å². The number of hydrogen-bond donors (Lipinski definition) is 1. The van der Waals surface area contributed by atoms with Crippen molar-refractivity contribution in [2.45, 2.75) is 18.4 Å². The number of methoxy groups -OCH3 is 1. The van der Waals surface area contributed by atoms with Gasteiger partial charge in [0.15, 0.2) is 0 Å². The van der Waals surface area contributed by atoms with E-state index in [0.717, 1.165) is 10.9 Å². The van der Waals surface area contributed by atoms with Crippen LogP contribution in [0.3, 0.4) is 0 Å². The Bertz CT molecular complexity index is 961. The minimum atomic E-state index is -3.54. The van der Waals surface area contributed by atoms with Gasteiger partial charge in [-0.15, -0.1) is 0 Å². The van der Waals surface area contributed by atoms with Gasteiger partial charge in [0.1, 0.15) is 5.75 Å². The van der Waals surface area contributed by atoms with Crippen LogP contribution in [0.25, 0.3) is 10.9 Å². The lowest BCUT2D eigenvalue weighted by Crippen LogP contribution is -2.27. The van der Waals surface area contributed by atoms with Crippen molar-refractivity contribution in [2.75, 3.05) is 13.7 Å². The van der Waals surface area contributed by atoms with E-state index in [2.05, 4.69) is 4.72 Å². The number of ether oxygens (including phenoxy) is 1. The second-order valence-electron chi connectivity index (χ2n) is 5.60. The predicted molar refractivity (Wildman–Crippen MR) is 94.9 cm³/mol. The van der Waals surface area contributed by atoms with Crippen LogP contribution in [0.15, 0.2) is 59.6 Å². The van der Waals surface area contributed by atoms with E-state index in [9.17, 15) is 8.42 Å². The molecule has 6 heteroatoms. The maximum atomic E-state index is 12.5. The van der Waals surface area contributed by atoms with Crippen molar-refractivity contribution in [2.24, 2.45) is 0 Å². The monoisotopic (exact) mass is 344 g/mol. The molecule has 126 valence electrons. The molecule has 0 aliphatic heterocycles. The normalized spacial score (nSPS) is 11.8. The number of rotatable bonds is 6. The zero-order valence-electron chi connectivity index (χ0n) is 13.7. The van der Waals surface area contributed by atoms with Gasteiger partial charge >= 0.3 is 0 Å². The summed E-state index contributed by atoms with van der Waals surface area (Å²) < 4.78 is 34.8. The van der Waals surface area contributed by atoms with Crippen LogP contribution >= 0.6 is 0 Å². The number of para-hydroxylation sites is 1.